The monoisotopic (exact) mass is 488 g/mol. The van der Waals surface area contributed by atoms with Gasteiger partial charge in [-0.3, -0.25) is 9.59 Å². The maximum atomic E-state index is 12.7. The lowest BCUT2D eigenvalue weighted by atomic mass is 10.1. The van der Waals surface area contributed by atoms with Crippen LogP contribution in [0.4, 0.5) is 11.6 Å². The van der Waals surface area contributed by atoms with Gasteiger partial charge in [-0.2, -0.15) is 0 Å². The molecule has 3 N–H and O–H groups in total. The summed E-state index contributed by atoms with van der Waals surface area (Å²) < 4.78 is 1.49. The first-order valence-corrected chi connectivity index (χ1v) is 11.4. The maximum Gasteiger partial charge on any atom is 0.273 e. The summed E-state index contributed by atoms with van der Waals surface area (Å²) in [5, 5.41) is 11.4. The number of nitrogens with one attached hydrogen (secondary N) is 1. The van der Waals surface area contributed by atoms with Crippen molar-refractivity contribution < 1.29 is 9.59 Å². The van der Waals surface area contributed by atoms with Crippen molar-refractivity contribution in [3.63, 3.8) is 0 Å². The van der Waals surface area contributed by atoms with Crippen molar-refractivity contribution in [2.24, 2.45) is 0 Å². The summed E-state index contributed by atoms with van der Waals surface area (Å²) in [7, 11) is 3.66. The summed E-state index contributed by atoms with van der Waals surface area (Å²) in [5.41, 5.74) is 8.62. The fourth-order valence-electron chi connectivity index (χ4n) is 3.73. The van der Waals surface area contributed by atoms with Gasteiger partial charge in [-0.1, -0.05) is 23.4 Å². The zero-order valence-electron chi connectivity index (χ0n) is 20.4. The third kappa shape index (κ3) is 5.54. The molecule has 0 aliphatic carbocycles. The molecule has 0 spiro atoms. The molecule has 3 aromatic heterocycles. The van der Waals surface area contributed by atoms with Crippen molar-refractivity contribution in [2.45, 2.75) is 20.0 Å². The van der Waals surface area contributed by atoms with E-state index in [1.807, 2.05) is 43.1 Å². The first kappa shape index (κ1) is 24.5. The Kier molecular flexibility index (Phi) is 7.33. The molecule has 4 aromatic rings. The maximum absolute atomic E-state index is 12.7. The molecule has 4 rings (SSSR count). The van der Waals surface area contributed by atoms with Crippen molar-refractivity contribution in [3.05, 3.63) is 65.9 Å². The molecule has 1 aromatic carbocycles. The Hall–Kier alpha value is -4.61. The second kappa shape index (κ2) is 10.8. The molecule has 186 valence electrons. The zero-order valence-corrected chi connectivity index (χ0v) is 20.4. The third-order valence-corrected chi connectivity index (χ3v) is 5.81. The summed E-state index contributed by atoms with van der Waals surface area (Å²) in [5.74, 6) is 0.279. The topological polar surface area (TPSA) is 148 Å². The number of hydrogen-bond donors (Lipinski definition) is 2. The number of carbonyl (C=O) groups is 2. The number of aryl methyl sites for hydroxylation is 1. The van der Waals surface area contributed by atoms with Crippen molar-refractivity contribution in [3.8, 4) is 0 Å². The summed E-state index contributed by atoms with van der Waals surface area (Å²) in [4.78, 5) is 41.7. The van der Waals surface area contributed by atoms with Gasteiger partial charge in [0.2, 0.25) is 5.91 Å². The van der Waals surface area contributed by atoms with Gasteiger partial charge in [0.1, 0.15) is 12.4 Å². The van der Waals surface area contributed by atoms with Crippen molar-refractivity contribution in [1.82, 2.24) is 40.2 Å². The zero-order chi connectivity index (χ0) is 25.7. The van der Waals surface area contributed by atoms with Crippen LogP contribution >= 0.6 is 0 Å². The highest BCUT2D eigenvalue weighted by Gasteiger charge is 2.17. The normalized spacial score (nSPS) is 10.9. The Morgan fingerprint density at radius 2 is 1.92 bits per heavy atom. The van der Waals surface area contributed by atoms with Crippen LogP contribution in [0.15, 0.2) is 49.1 Å². The van der Waals surface area contributed by atoms with E-state index in [1.54, 1.807) is 18.1 Å². The van der Waals surface area contributed by atoms with E-state index in [0.29, 0.717) is 18.9 Å². The number of nitrogens with two attached hydrogens (primary N) is 1. The summed E-state index contributed by atoms with van der Waals surface area (Å²) in [6, 6.07) is 7.98. The largest absolute Gasteiger partial charge is 0.382 e. The first-order valence-electron chi connectivity index (χ1n) is 11.4. The van der Waals surface area contributed by atoms with Gasteiger partial charge in [0, 0.05) is 63.3 Å². The van der Waals surface area contributed by atoms with Gasteiger partial charge in [0.25, 0.3) is 5.91 Å². The highest BCUT2D eigenvalue weighted by molar-refractivity contribution is 5.96. The molecule has 0 saturated heterocycles. The van der Waals surface area contributed by atoms with Crippen LogP contribution in [0.3, 0.4) is 0 Å². The number of pyridine rings is 1. The number of hydrogen-bond acceptors (Lipinski definition) is 9. The molecule has 0 atom stereocenters. The van der Waals surface area contributed by atoms with Crippen molar-refractivity contribution in [2.75, 3.05) is 37.8 Å². The molecule has 12 nitrogen and oxygen atoms in total. The minimum absolute atomic E-state index is 0.0678. The number of anilines is 2. The van der Waals surface area contributed by atoms with E-state index < -0.39 is 5.91 Å². The van der Waals surface area contributed by atoms with Crippen LogP contribution in [0.25, 0.3) is 10.9 Å². The van der Waals surface area contributed by atoms with Crippen LogP contribution in [0.1, 0.15) is 21.6 Å². The number of benzene rings is 1. The molecule has 0 fully saturated rings. The van der Waals surface area contributed by atoms with Crippen LogP contribution in [0.5, 0.6) is 0 Å². The minimum atomic E-state index is -0.419. The number of rotatable bonds is 9. The lowest BCUT2D eigenvalue weighted by Crippen LogP contribution is -2.37. The average Bonchev–Trinajstić information content (AvgIpc) is 3.38. The molecular weight excluding hydrogens is 460 g/mol. The lowest BCUT2D eigenvalue weighted by Gasteiger charge is -2.25. The number of fused-ring (bicyclic) bond motifs is 1. The first-order chi connectivity index (χ1) is 17.3. The molecule has 0 aliphatic heterocycles. The molecule has 0 unspecified atom stereocenters. The van der Waals surface area contributed by atoms with E-state index in [0.717, 1.165) is 22.0 Å². The Morgan fingerprint density at radius 1 is 1.11 bits per heavy atom. The van der Waals surface area contributed by atoms with Crippen LogP contribution in [0, 0.1) is 6.92 Å². The Labute approximate surface area is 208 Å². The predicted octanol–water partition coefficient (Wildman–Crippen LogP) is 1.03. The molecule has 0 saturated carbocycles. The predicted molar refractivity (Wildman–Crippen MR) is 135 cm³/mol. The van der Waals surface area contributed by atoms with Gasteiger partial charge in [-0.05, 0) is 18.6 Å². The van der Waals surface area contributed by atoms with E-state index >= 15 is 0 Å². The Balaban J connectivity index is 1.52. The highest BCUT2D eigenvalue weighted by atomic mass is 16.2. The van der Waals surface area contributed by atoms with E-state index in [4.69, 9.17) is 10.7 Å². The Morgan fingerprint density at radius 3 is 2.67 bits per heavy atom. The summed E-state index contributed by atoms with van der Waals surface area (Å²) in [6.07, 6.45) is 6.04. The van der Waals surface area contributed by atoms with Gasteiger partial charge < -0.3 is 20.9 Å². The second-order valence-corrected chi connectivity index (χ2v) is 8.43. The van der Waals surface area contributed by atoms with Gasteiger partial charge in [0.15, 0.2) is 11.5 Å². The quantitative estimate of drug-likeness (QED) is 0.352. The molecular formula is C24H28N10O2. The van der Waals surface area contributed by atoms with Crippen molar-refractivity contribution >= 4 is 34.4 Å². The van der Waals surface area contributed by atoms with Gasteiger partial charge in [0.05, 0.1) is 11.7 Å². The molecule has 36 heavy (non-hydrogen) atoms. The average molecular weight is 489 g/mol. The molecule has 2 amide bonds. The lowest BCUT2D eigenvalue weighted by molar-refractivity contribution is -0.130. The fourth-order valence-corrected chi connectivity index (χ4v) is 3.73. The van der Waals surface area contributed by atoms with Gasteiger partial charge >= 0.3 is 0 Å². The standard InChI is InChI=1S/C24H28N10O2/c1-16-5-4-6-17-13-18(14-28-24(36)21-22(25)27-8-7-26-21)23(30-20(16)17)33(3)12-11-32(2)19(35)15-34-10-9-29-31-34/h4-10,13H,11-12,14-15H2,1-3H3,(H2,25,27)(H,28,36). The highest BCUT2D eigenvalue weighted by Crippen LogP contribution is 2.25. The number of carbonyl (C=O) groups excluding carboxylic acids is 2. The van der Waals surface area contributed by atoms with E-state index in [2.05, 4.69) is 25.6 Å². The van der Waals surface area contributed by atoms with Crippen molar-refractivity contribution in [1.29, 1.82) is 0 Å². The molecule has 0 radical (unpaired) electrons. The minimum Gasteiger partial charge on any atom is -0.382 e. The second-order valence-electron chi connectivity index (χ2n) is 8.43. The molecule has 0 bridgehead atoms. The van der Waals surface area contributed by atoms with Gasteiger partial charge in [-0.25, -0.2) is 19.6 Å². The number of nitrogens with zero attached hydrogens (tertiary/aromatic N) is 8. The molecule has 12 heteroatoms. The number of aromatic nitrogens is 6. The number of para-hydroxylation sites is 1. The van der Waals surface area contributed by atoms with Crippen LogP contribution in [-0.2, 0) is 17.9 Å². The summed E-state index contributed by atoms with van der Waals surface area (Å²) >= 11 is 0. The third-order valence-electron chi connectivity index (χ3n) is 5.81. The van der Waals surface area contributed by atoms with E-state index in [1.165, 1.54) is 23.3 Å². The summed E-state index contributed by atoms with van der Waals surface area (Å²) in [6.45, 7) is 3.35. The molecule has 3 heterocycles. The number of amides is 2. The number of likely N-dealkylation sites (N-methyl/N-ethyl adjacent to an activating group) is 2. The van der Waals surface area contributed by atoms with Crippen LogP contribution in [0.2, 0.25) is 0 Å². The fraction of sp³-hybridized carbons (Fsp3) is 0.292. The van der Waals surface area contributed by atoms with Crippen LogP contribution in [-0.4, -0.2) is 73.8 Å². The van der Waals surface area contributed by atoms with Crippen LogP contribution < -0.4 is 16.0 Å². The van der Waals surface area contributed by atoms with E-state index in [9.17, 15) is 9.59 Å². The van der Waals surface area contributed by atoms with Gasteiger partial charge in [-0.15, -0.1) is 5.10 Å². The smallest absolute Gasteiger partial charge is 0.273 e. The SMILES string of the molecule is Cc1cccc2cc(CNC(=O)c3nccnc3N)c(N(C)CCN(C)C(=O)Cn3ccnn3)nc12. The van der Waals surface area contributed by atoms with E-state index in [-0.39, 0.29) is 30.5 Å². The Bertz CT molecular complexity index is 1370. The molecule has 0 aliphatic rings. The number of nitrogen functional groups attached to an aromatic ring is 1.